The zero-order valence-electron chi connectivity index (χ0n) is 10.4. The molecule has 0 aromatic rings. The minimum absolute atomic E-state index is 0.0274. The highest BCUT2D eigenvalue weighted by molar-refractivity contribution is 5.81. The molecule has 1 amide bonds. The van der Waals surface area contributed by atoms with Crippen LogP contribution in [0.1, 0.15) is 25.7 Å². The molecule has 1 heterocycles. The number of nitrogens with zero attached hydrogens (tertiary/aromatic N) is 3. The van der Waals surface area contributed by atoms with Crippen LogP contribution in [0.3, 0.4) is 0 Å². The van der Waals surface area contributed by atoms with Crippen LogP contribution in [0.2, 0.25) is 0 Å². The summed E-state index contributed by atoms with van der Waals surface area (Å²) in [5.41, 5.74) is 11.2. The van der Waals surface area contributed by atoms with E-state index in [9.17, 15) is 4.79 Å². The Bertz CT molecular complexity index is 342. The number of nitrogens with two attached hydrogens (primary N) is 2. The second-order valence-corrected chi connectivity index (χ2v) is 4.28. The van der Waals surface area contributed by atoms with E-state index >= 15 is 0 Å². The normalized spacial score (nSPS) is 17.3. The molecule has 0 saturated carbocycles. The molecule has 0 aliphatic carbocycles. The fourth-order valence-corrected chi connectivity index (χ4v) is 1.90. The van der Waals surface area contributed by atoms with E-state index in [0.717, 1.165) is 25.9 Å². The number of likely N-dealkylation sites (tertiary alicyclic amines) is 1. The maximum Gasteiger partial charge on any atom is 0.239 e. The SMILES string of the molecule is N#CNC(N)=NCCC[C@H](N)C(=O)N1CCCC1. The lowest BCUT2D eigenvalue weighted by Gasteiger charge is -2.19. The molecule has 0 aromatic heterocycles. The lowest BCUT2D eigenvalue weighted by Crippen LogP contribution is -2.42. The molecule has 1 aliphatic heterocycles. The summed E-state index contributed by atoms with van der Waals surface area (Å²) in [6.45, 7) is 2.11. The Morgan fingerprint density at radius 3 is 2.78 bits per heavy atom. The van der Waals surface area contributed by atoms with Gasteiger partial charge in [0.25, 0.3) is 0 Å². The van der Waals surface area contributed by atoms with Crippen LogP contribution in [0.15, 0.2) is 4.99 Å². The number of nitrogens with one attached hydrogen (secondary N) is 1. The molecule has 0 radical (unpaired) electrons. The molecule has 1 fully saturated rings. The highest BCUT2D eigenvalue weighted by Gasteiger charge is 2.22. The molecule has 100 valence electrons. The fourth-order valence-electron chi connectivity index (χ4n) is 1.90. The molecule has 1 atom stereocenters. The van der Waals surface area contributed by atoms with Gasteiger partial charge in [0.15, 0.2) is 6.19 Å². The van der Waals surface area contributed by atoms with Crippen molar-refractivity contribution >= 4 is 11.9 Å². The molecule has 5 N–H and O–H groups in total. The summed E-state index contributed by atoms with van der Waals surface area (Å²) in [6, 6.07) is -0.455. The summed E-state index contributed by atoms with van der Waals surface area (Å²) in [6.07, 6.45) is 5.08. The van der Waals surface area contributed by atoms with Crippen LogP contribution >= 0.6 is 0 Å². The third-order valence-electron chi connectivity index (χ3n) is 2.87. The first-order chi connectivity index (χ1) is 8.65. The zero-order valence-corrected chi connectivity index (χ0v) is 10.4. The Hall–Kier alpha value is -1.81. The Morgan fingerprint density at radius 2 is 2.17 bits per heavy atom. The Labute approximate surface area is 107 Å². The lowest BCUT2D eigenvalue weighted by atomic mass is 10.1. The van der Waals surface area contributed by atoms with Gasteiger partial charge in [0.1, 0.15) is 0 Å². The Balaban J connectivity index is 2.20. The predicted molar refractivity (Wildman–Crippen MR) is 68.3 cm³/mol. The maximum atomic E-state index is 11.9. The number of rotatable bonds is 5. The average molecular weight is 252 g/mol. The number of hydrogen-bond acceptors (Lipinski definition) is 4. The van der Waals surface area contributed by atoms with Crippen molar-refractivity contribution in [2.75, 3.05) is 19.6 Å². The largest absolute Gasteiger partial charge is 0.369 e. The molecule has 0 spiro atoms. The van der Waals surface area contributed by atoms with Gasteiger partial charge in [-0.05, 0) is 25.7 Å². The summed E-state index contributed by atoms with van der Waals surface area (Å²) < 4.78 is 0. The van der Waals surface area contributed by atoms with Gasteiger partial charge in [0, 0.05) is 19.6 Å². The van der Waals surface area contributed by atoms with Crippen molar-refractivity contribution in [1.29, 1.82) is 5.26 Å². The standard InChI is InChI=1S/C11H20N6O/c12-8-16-11(14)15-5-3-4-9(13)10(18)17-6-1-2-7-17/h9H,1-7,13H2,(H3,14,15,16)/t9-/m0/s1. The molecule has 0 bridgehead atoms. The Kier molecular flexibility index (Phi) is 5.94. The van der Waals surface area contributed by atoms with Crippen LogP contribution in [-0.4, -0.2) is 42.4 Å². The summed E-state index contributed by atoms with van der Waals surface area (Å²) in [7, 11) is 0. The Morgan fingerprint density at radius 1 is 1.50 bits per heavy atom. The van der Waals surface area contributed by atoms with Crippen molar-refractivity contribution in [3.63, 3.8) is 0 Å². The zero-order chi connectivity index (χ0) is 13.4. The van der Waals surface area contributed by atoms with Crippen molar-refractivity contribution in [3.8, 4) is 6.19 Å². The first-order valence-corrected chi connectivity index (χ1v) is 6.14. The molecular formula is C11H20N6O. The van der Waals surface area contributed by atoms with Crippen molar-refractivity contribution in [1.82, 2.24) is 10.2 Å². The number of carbonyl (C=O) groups excluding carboxylic acids is 1. The summed E-state index contributed by atoms with van der Waals surface area (Å²) >= 11 is 0. The first-order valence-electron chi connectivity index (χ1n) is 6.14. The van der Waals surface area contributed by atoms with E-state index in [0.29, 0.717) is 19.4 Å². The van der Waals surface area contributed by atoms with Gasteiger partial charge in [-0.3, -0.25) is 15.1 Å². The number of nitriles is 1. The van der Waals surface area contributed by atoms with Crippen LogP contribution < -0.4 is 16.8 Å². The van der Waals surface area contributed by atoms with Crippen molar-refractivity contribution in [2.45, 2.75) is 31.7 Å². The predicted octanol–water partition coefficient (Wildman–Crippen LogP) is -0.898. The topological polar surface area (TPSA) is 121 Å². The third-order valence-corrected chi connectivity index (χ3v) is 2.87. The van der Waals surface area contributed by atoms with E-state index in [1.54, 1.807) is 6.19 Å². The van der Waals surface area contributed by atoms with E-state index in [4.69, 9.17) is 16.7 Å². The van der Waals surface area contributed by atoms with Gasteiger partial charge >= 0.3 is 0 Å². The molecule has 0 unspecified atom stereocenters. The fraction of sp³-hybridized carbons (Fsp3) is 0.727. The second-order valence-electron chi connectivity index (χ2n) is 4.28. The molecule has 1 rings (SSSR count). The number of carbonyl (C=O) groups is 1. The summed E-state index contributed by atoms with van der Waals surface area (Å²) in [5, 5.41) is 10.5. The van der Waals surface area contributed by atoms with Crippen LogP contribution in [0, 0.1) is 11.5 Å². The van der Waals surface area contributed by atoms with Gasteiger partial charge in [-0.1, -0.05) is 0 Å². The van der Waals surface area contributed by atoms with E-state index in [1.165, 1.54) is 0 Å². The molecule has 1 saturated heterocycles. The molecule has 7 nitrogen and oxygen atoms in total. The van der Waals surface area contributed by atoms with Crippen LogP contribution in [0.5, 0.6) is 0 Å². The number of hydrogen-bond donors (Lipinski definition) is 3. The smallest absolute Gasteiger partial charge is 0.239 e. The monoisotopic (exact) mass is 252 g/mol. The highest BCUT2D eigenvalue weighted by Crippen LogP contribution is 2.10. The summed E-state index contributed by atoms with van der Waals surface area (Å²) in [5.74, 6) is 0.122. The van der Waals surface area contributed by atoms with Gasteiger partial charge < -0.3 is 16.4 Å². The molecule has 0 aromatic carbocycles. The number of guanidine groups is 1. The molecule has 1 aliphatic rings. The van der Waals surface area contributed by atoms with Gasteiger partial charge in [0.05, 0.1) is 6.04 Å². The number of aliphatic imine (C=N–C) groups is 1. The quantitative estimate of drug-likeness (QED) is 0.192. The van der Waals surface area contributed by atoms with E-state index < -0.39 is 6.04 Å². The molecular weight excluding hydrogens is 232 g/mol. The second kappa shape index (κ2) is 7.50. The van der Waals surface area contributed by atoms with Crippen LogP contribution in [0.25, 0.3) is 0 Å². The average Bonchev–Trinajstić information content (AvgIpc) is 2.87. The van der Waals surface area contributed by atoms with E-state index in [2.05, 4.69) is 10.3 Å². The molecule has 18 heavy (non-hydrogen) atoms. The lowest BCUT2D eigenvalue weighted by molar-refractivity contribution is -0.131. The van der Waals surface area contributed by atoms with Gasteiger partial charge in [-0.25, -0.2) is 0 Å². The van der Waals surface area contributed by atoms with Crippen LogP contribution in [0.4, 0.5) is 0 Å². The number of amides is 1. The van der Waals surface area contributed by atoms with Crippen molar-refractivity contribution < 1.29 is 4.79 Å². The minimum atomic E-state index is -0.455. The van der Waals surface area contributed by atoms with Crippen molar-refractivity contribution in [3.05, 3.63) is 0 Å². The first kappa shape index (κ1) is 14.3. The molecule has 7 heteroatoms. The third kappa shape index (κ3) is 4.59. The van der Waals surface area contributed by atoms with Crippen molar-refractivity contribution in [2.24, 2.45) is 16.5 Å². The highest BCUT2D eigenvalue weighted by atomic mass is 16.2. The van der Waals surface area contributed by atoms with Crippen LogP contribution in [-0.2, 0) is 4.79 Å². The maximum absolute atomic E-state index is 11.9. The van der Waals surface area contributed by atoms with Gasteiger partial charge in [0.2, 0.25) is 11.9 Å². The summed E-state index contributed by atoms with van der Waals surface area (Å²) in [4.78, 5) is 17.6. The van der Waals surface area contributed by atoms with Gasteiger partial charge in [-0.2, -0.15) is 5.26 Å². The van der Waals surface area contributed by atoms with E-state index in [-0.39, 0.29) is 11.9 Å². The minimum Gasteiger partial charge on any atom is -0.369 e. The van der Waals surface area contributed by atoms with Gasteiger partial charge in [-0.15, -0.1) is 0 Å². The van der Waals surface area contributed by atoms with E-state index in [1.807, 2.05) is 4.90 Å².